The highest BCUT2D eigenvalue weighted by Gasteiger charge is 2.14. The van der Waals surface area contributed by atoms with Gasteiger partial charge in [-0.3, -0.25) is 0 Å². The first-order chi connectivity index (χ1) is 9.76. The summed E-state index contributed by atoms with van der Waals surface area (Å²) < 4.78 is 0. The summed E-state index contributed by atoms with van der Waals surface area (Å²) in [6, 6.07) is 0.315. The third-order valence-corrected chi connectivity index (χ3v) is 4.19. The van der Waals surface area contributed by atoms with E-state index in [1.54, 1.807) is 0 Å². The molecule has 0 saturated carbocycles. The minimum absolute atomic E-state index is 0.315. The molecule has 1 nitrogen and oxygen atoms in total. The highest BCUT2D eigenvalue weighted by atomic mass is 14.6. The Bertz CT molecular complexity index is 212. The van der Waals surface area contributed by atoms with Gasteiger partial charge in [-0.1, -0.05) is 76.9 Å². The topological polar surface area (TPSA) is 26.0 Å². The van der Waals surface area contributed by atoms with Crippen LogP contribution in [0.25, 0.3) is 0 Å². The molecule has 0 aromatic heterocycles. The highest BCUT2D eigenvalue weighted by molar-refractivity contribution is 4.85. The second kappa shape index (κ2) is 14.8. The van der Waals surface area contributed by atoms with E-state index in [-0.39, 0.29) is 0 Å². The Labute approximate surface area is 127 Å². The number of unbranched alkanes of at least 4 members (excludes halogenated alkanes) is 8. The highest BCUT2D eigenvalue weighted by Crippen LogP contribution is 2.19. The molecule has 0 aliphatic carbocycles. The van der Waals surface area contributed by atoms with Crippen molar-refractivity contribution in [1.29, 1.82) is 0 Å². The molecule has 0 amide bonds. The van der Waals surface area contributed by atoms with Gasteiger partial charge in [-0.05, 0) is 25.2 Å². The standard InChI is InChI=1S/C19H37N/c1-4-7-8-9-10-11-12-13-14-17-19(20)18(15-5-2)16-6-3/h5-6,18-19H,2-4,7-17,20H2,1H3. The van der Waals surface area contributed by atoms with Crippen LogP contribution >= 0.6 is 0 Å². The predicted molar refractivity (Wildman–Crippen MR) is 92.9 cm³/mol. The van der Waals surface area contributed by atoms with E-state index in [0.29, 0.717) is 12.0 Å². The molecule has 20 heavy (non-hydrogen) atoms. The van der Waals surface area contributed by atoms with Crippen LogP contribution < -0.4 is 5.73 Å². The molecule has 118 valence electrons. The van der Waals surface area contributed by atoms with E-state index in [1.165, 1.54) is 57.8 Å². The van der Waals surface area contributed by atoms with Crippen LogP contribution in [0, 0.1) is 5.92 Å². The second-order valence-electron chi connectivity index (χ2n) is 6.09. The Morgan fingerprint density at radius 2 is 1.25 bits per heavy atom. The van der Waals surface area contributed by atoms with Gasteiger partial charge in [0.2, 0.25) is 0 Å². The van der Waals surface area contributed by atoms with Crippen molar-refractivity contribution in [3.05, 3.63) is 25.3 Å². The predicted octanol–water partition coefficient (Wildman–Crippen LogP) is 6.00. The van der Waals surface area contributed by atoms with E-state index >= 15 is 0 Å². The number of hydrogen-bond donors (Lipinski definition) is 1. The van der Waals surface area contributed by atoms with Crippen LogP contribution in [-0.4, -0.2) is 6.04 Å². The fraction of sp³-hybridized carbons (Fsp3) is 0.789. The smallest absolute Gasteiger partial charge is 0.00730 e. The number of hydrogen-bond acceptors (Lipinski definition) is 1. The van der Waals surface area contributed by atoms with Crippen LogP contribution in [-0.2, 0) is 0 Å². The average molecular weight is 280 g/mol. The van der Waals surface area contributed by atoms with Gasteiger partial charge in [0, 0.05) is 6.04 Å². The van der Waals surface area contributed by atoms with E-state index in [0.717, 1.165) is 19.3 Å². The molecule has 2 N–H and O–H groups in total. The molecule has 0 heterocycles. The molecule has 0 aromatic carbocycles. The molecule has 0 rings (SSSR count). The zero-order chi connectivity index (χ0) is 15.1. The summed E-state index contributed by atoms with van der Waals surface area (Å²) in [4.78, 5) is 0. The monoisotopic (exact) mass is 279 g/mol. The summed E-state index contributed by atoms with van der Waals surface area (Å²) in [7, 11) is 0. The number of allylic oxidation sites excluding steroid dienone is 2. The fourth-order valence-corrected chi connectivity index (χ4v) is 2.80. The van der Waals surface area contributed by atoms with Gasteiger partial charge in [0.25, 0.3) is 0 Å². The molecule has 1 heteroatoms. The van der Waals surface area contributed by atoms with Crippen LogP contribution in [0.5, 0.6) is 0 Å². The van der Waals surface area contributed by atoms with Crippen LogP contribution in [0.1, 0.15) is 84.0 Å². The molecule has 0 aromatic rings. The van der Waals surface area contributed by atoms with Gasteiger partial charge in [-0.2, -0.15) is 0 Å². The summed E-state index contributed by atoms with van der Waals surface area (Å²) in [6.45, 7) is 9.93. The molecule has 1 atom stereocenters. The van der Waals surface area contributed by atoms with Crippen LogP contribution in [0.3, 0.4) is 0 Å². The third kappa shape index (κ3) is 11.3. The van der Waals surface area contributed by atoms with Gasteiger partial charge < -0.3 is 5.73 Å². The van der Waals surface area contributed by atoms with Crippen LogP contribution in [0.15, 0.2) is 25.3 Å². The molecule has 0 saturated heterocycles. The molecule has 0 aliphatic heterocycles. The minimum Gasteiger partial charge on any atom is -0.327 e. The average Bonchev–Trinajstić information content (AvgIpc) is 2.45. The summed E-state index contributed by atoms with van der Waals surface area (Å²) >= 11 is 0. The first-order valence-corrected chi connectivity index (χ1v) is 8.73. The van der Waals surface area contributed by atoms with E-state index in [4.69, 9.17) is 5.73 Å². The van der Waals surface area contributed by atoms with Crippen LogP contribution in [0.2, 0.25) is 0 Å². The van der Waals surface area contributed by atoms with E-state index < -0.39 is 0 Å². The van der Waals surface area contributed by atoms with E-state index in [1.807, 2.05) is 12.2 Å². The molecule has 0 aliphatic rings. The first-order valence-electron chi connectivity index (χ1n) is 8.73. The lowest BCUT2D eigenvalue weighted by molar-refractivity contribution is 0.391. The normalized spacial score (nSPS) is 12.6. The largest absolute Gasteiger partial charge is 0.327 e. The Kier molecular flexibility index (Phi) is 14.4. The maximum Gasteiger partial charge on any atom is 0.00730 e. The lowest BCUT2D eigenvalue weighted by Crippen LogP contribution is -2.29. The fourth-order valence-electron chi connectivity index (χ4n) is 2.80. The molecular weight excluding hydrogens is 242 g/mol. The molecule has 0 bridgehead atoms. The van der Waals surface area contributed by atoms with Crippen molar-refractivity contribution < 1.29 is 0 Å². The maximum atomic E-state index is 6.29. The van der Waals surface area contributed by atoms with Crippen molar-refractivity contribution in [2.45, 2.75) is 90.0 Å². The quantitative estimate of drug-likeness (QED) is 0.288. The first kappa shape index (κ1) is 19.4. The van der Waals surface area contributed by atoms with Gasteiger partial charge in [0.1, 0.15) is 0 Å². The third-order valence-electron chi connectivity index (χ3n) is 4.19. The zero-order valence-corrected chi connectivity index (χ0v) is 13.8. The van der Waals surface area contributed by atoms with Gasteiger partial charge >= 0.3 is 0 Å². The summed E-state index contributed by atoms with van der Waals surface area (Å²) in [5.74, 6) is 0.541. The minimum atomic E-state index is 0.315. The van der Waals surface area contributed by atoms with Gasteiger partial charge in [0.15, 0.2) is 0 Å². The van der Waals surface area contributed by atoms with Crippen molar-refractivity contribution in [3.8, 4) is 0 Å². The van der Waals surface area contributed by atoms with Crippen molar-refractivity contribution >= 4 is 0 Å². The van der Waals surface area contributed by atoms with Crippen molar-refractivity contribution in [1.82, 2.24) is 0 Å². The molecule has 1 unspecified atom stereocenters. The number of nitrogens with two attached hydrogens (primary N) is 1. The van der Waals surface area contributed by atoms with E-state index in [2.05, 4.69) is 20.1 Å². The Morgan fingerprint density at radius 3 is 1.70 bits per heavy atom. The van der Waals surface area contributed by atoms with Gasteiger partial charge in [0.05, 0.1) is 0 Å². The van der Waals surface area contributed by atoms with Crippen molar-refractivity contribution in [2.24, 2.45) is 11.7 Å². The zero-order valence-electron chi connectivity index (χ0n) is 13.8. The molecular formula is C19H37N. The molecule has 0 spiro atoms. The maximum absolute atomic E-state index is 6.29. The van der Waals surface area contributed by atoms with Gasteiger partial charge in [-0.15, -0.1) is 13.2 Å². The number of rotatable bonds is 15. The Hall–Kier alpha value is -0.560. The SMILES string of the molecule is C=CCC(CC=C)C(N)CCCCCCCCCCC. The molecule has 0 fully saturated rings. The Balaban J connectivity index is 3.47. The second-order valence-corrected chi connectivity index (χ2v) is 6.09. The van der Waals surface area contributed by atoms with Crippen LogP contribution in [0.4, 0.5) is 0 Å². The summed E-state index contributed by atoms with van der Waals surface area (Å²) in [5.41, 5.74) is 6.29. The van der Waals surface area contributed by atoms with Gasteiger partial charge in [-0.25, -0.2) is 0 Å². The summed E-state index contributed by atoms with van der Waals surface area (Å²) in [5, 5.41) is 0. The summed E-state index contributed by atoms with van der Waals surface area (Å²) in [6.07, 6.45) is 19.6. The molecule has 0 radical (unpaired) electrons. The Morgan fingerprint density at radius 1 is 0.800 bits per heavy atom. The van der Waals surface area contributed by atoms with Crippen molar-refractivity contribution in [3.63, 3.8) is 0 Å². The van der Waals surface area contributed by atoms with E-state index in [9.17, 15) is 0 Å². The lowest BCUT2D eigenvalue weighted by Gasteiger charge is -2.21. The van der Waals surface area contributed by atoms with Crippen molar-refractivity contribution in [2.75, 3.05) is 0 Å². The lowest BCUT2D eigenvalue weighted by atomic mass is 9.89.